The van der Waals surface area contributed by atoms with E-state index in [1.165, 1.54) is 23.3 Å². The number of benzene rings is 1. The van der Waals surface area contributed by atoms with Gasteiger partial charge in [-0.3, -0.25) is 4.79 Å². The zero-order chi connectivity index (χ0) is 19.5. The zero-order valence-electron chi connectivity index (χ0n) is 16.1. The Balaban J connectivity index is 2.59. The molecule has 0 saturated carbocycles. The number of rotatable bonds is 5. The van der Waals surface area contributed by atoms with Crippen molar-refractivity contribution >= 4 is 28.8 Å². The van der Waals surface area contributed by atoms with Gasteiger partial charge < -0.3 is 14.0 Å². The van der Waals surface area contributed by atoms with E-state index in [-0.39, 0.29) is 11.3 Å². The third-order valence-corrected chi connectivity index (χ3v) is 5.79. The van der Waals surface area contributed by atoms with Crippen LogP contribution in [-0.4, -0.2) is 31.3 Å². The van der Waals surface area contributed by atoms with Crippen LogP contribution in [0.2, 0.25) is 5.02 Å². The van der Waals surface area contributed by atoms with Crippen molar-refractivity contribution in [3.8, 4) is 5.75 Å². The van der Waals surface area contributed by atoms with E-state index in [0.717, 1.165) is 5.69 Å². The molecule has 7 heteroatoms. The lowest BCUT2D eigenvalue weighted by Gasteiger charge is -2.17. The van der Waals surface area contributed by atoms with Crippen molar-refractivity contribution in [1.29, 1.82) is 0 Å². The van der Waals surface area contributed by atoms with Crippen molar-refractivity contribution < 1.29 is 14.3 Å². The van der Waals surface area contributed by atoms with E-state index in [1.807, 2.05) is 4.57 Å². The molecule has 0 spiro atoms. The normalized spacial score (nSPS) is 12.5. The van der Waals surface area contributed by atoms with Crippen molar-refractivity contribution in [1.82, 2.24) is 4.57 Å². The van der Waals surface area contributed by atoms with E-state index in [9.17, 15) is 4.79 Å². The first-order valence-electron chi connectivity index (χ1n) is 8.31. The van der Waals surface area contributed by atoms with E-state index < -0.39 is 0 Å². The van der Waals surface area contributed by atoms with Gasteiger partial charge in [-0.2, -0.15) is 4.99 Å². The van der Waals surface area contributed by atoms with Gasteiger partial charge in [0.2, 0.25) is 0 Å². The van der Waals surface area contributed by atoms with Crippen molar-refractivity contribution in [3.63, 3.8) is 0 Å². The maximum atomic E-state index is 12.8. The second-order valence-electron chi connectivity index (χ2n) is 6.96. The first-order chi connectivity index (χ1) is 12.2. The highest BCUT2D eigenvalue weighted by Gasteiger charge is 2.22. The van der Waals surface area contributed by atoms with Crippen LogP contribution in [0.3, 0.4) is 0 Å². The molecule has 0 aliphatic heterocycles. The number of hydrogen-bond acceptors (Lipinski definition) is 4. The fourth-order valence-electron chi connectivity index (χ4n) is 2.71. The summed E-state index contributed by atoms with van der Waals surface area (Å²) in [5.41, 5.74) is 1.42. The quantitative estimate of drug-likeness (QED) is 0.760. The van der Waals surface area contributed by atoms with E-state index >= 15 is 0 Å². The molecule has 1 aromatic carbocycles. The first kappa shape index (κ1) is 20.7. The third-order valence-electron chi connectivity index (χ3n) is 3.95. The average Bonchev–Trinajstić information content (AvgIpc) is 2.88. The van der Waals surface area contributed by atoms with Gasteiger partial charge in [-0.25, -0.2) is 0 Å². The minimum atomic E-state index is -0.378. The highest BCUT2D eigenvalue weighted by molar-refractivity contribution is 7.09. The summed E-state index contributed by atoms with van der Waals surface area (Å²) in [5, 5.41) is 0.467. The molecule has 0 atom stereocenters. The number of carbonyl (C=O) groups excluding carboxylic acids is 1. The van der Waals surface area contributed by atoms with Gasteiger partial charge in [-0.05, 0) is 30.5 Å². The number of hydrogen-bond donors (Lipinski definition) is 0. The molecule has 1 aromatic heterocycles. The number of methoxy groups -OCH3 is 2. The first-order valence-corrected chi connectivity index (χ1v) is 9.50. The summed E-state index contributed by atoms with van der Waals surface area (Å²) in [6.07, 6.45) is 0. The molecule has 0 aliphatic rings. The number of amides is 1. The highest BCUT2D eigenvalue weighted by atomic mass is 35.5. The van der Waals surface area contributed by atoms with Crippen LogP contribution >= 0.6 is 22.9 Å². The molecule has 142 valence electrons. The van der Waals surface area contributed by atoms with E-state index in [4.69, 9.17) is 21.1 Å². The lowest BCUT2D eigenvalue weighted by molar-refractivity contribution is 0.0994. The fourth-order valence-corrected chi connectivity index (χ4v) is 4.09. The van der Waals surface area contributed by atoms with Crippen LogP contribution in [0.4, 0.5) is 0 Å². The van der Waals surface area contributed by atoms with Crippen molar-refractivity contribution in [2.24, 2.45) is 4.99 Å². The number of carbonyl (C=O) groups is 1. The second kappa shape index (κ2) is 8.37. The molecule has 0 saturated heterocycles. The molecule has 2 rings (SSSR count). The summed E-state index contributed by atoms with van der Waals surface area (Å²) in [6, 6.07) is 4.93. The minimum absolute atomic E-state index is 0.0336. The highest BCUT2D eigenvalue weighted by Crippen LogP contribution is 2.28. The van der Waals surface area contributed by atoms with Crippen LogP contribution in [-0.2, 0) is 16.7 Å². The number of ether oxygens (including phenoxy) is 2. The Bertz CT molecular complexity index is 863. The largest absolute Gasteiger partial charge is 0.496 e. The Morgan fingerprint density at radius 1 is 1.31 bits per heavy atom. The number of aromatic nitrogens is 1. The smallest absolute Gasteiger partial charge is 0.283 e. The summed E-state index contributed by atoms with van der Waals surface area (Å²) < 4.78 is 12.5. The fraction of sp³-hybridized carbons (Fsp3) is 0.474. The van der Waals surface area contributed by atoms with Crippen molar-refractivity contribution in [3.05, 3.63) is 44.2 Å². The van der Waals surface area contributed by atoms with Crippen molar-refractivity contribution in [2.75, 3.05) is 20.8 Å². The monoisotopic (exact) mass is 396 g/mol. The second-order valence-corrected chi connectivity index (χ2v) is 8.37. The molecule has 5 nitrogen and oxygen atoms in total. The van der Waals surface area contributed by atoms with E-state index in [2.05, 4.69) is 32.7 Å². The molecule has 1 heterocycles. The lowest BCUT2D eigenvalue weighted by Crippen LogP contribution is -2.21. The molecular weight excluding hydrogens is 372 g/mol. The Morgan fingerprint density at radius 3 is 2.58 bits per heavy atom. The topological polar surface area (TPSA) is 52.8 Å². The minimum Gasteiger partial charge on any atom is -0.496 e. The van der Waals surface area contributed by atoms with Gasteiger partial charge in [0.1, 0.15) is 5.75 Å². The Hall–Kier alpha value is -1.63. The molecule has 0 radical (unpaired) electrons. The van der Waals surface area contributed by atoms with Crippen LogP contribution in [0.15, 0.2) is 23.2 Å². The summed E-state index contributed by atoms with van der Waals surface area (Å²) in [7, 11) is 3.18. The van der Waals surface area contributed by atoms with Crippen LogP contribution < -0.4 is 9.54 Å². The summed E-state index contributed by atoms with van der Waals surface area (Å²) in [6.45, 7) is 9.68. The van der Waals surface area contributed by atoms with Gasteiger partial charge in [-0.1, -0.05) is 32.4 Å². The summed E-state index contributed by atoms with van der Waals surface area (Å²) in [5.74, 6) is 0.0770. The zero-order valence-corrected chi connectivity index (χ0v) is 17.6. The molecule has 0 aliphatic carbocycles. The third kappa shape index (κ3) is 4.55. The maximum absolute atomic E-state index is 12.8. The molecule has 0 bridgehead atoms. The molecule has 0 fully saturated rings. The molecular formula is C19H25ClN2O3S. The van der Waals surface area contributed by atoms with Gasteiger partial charge in [0, 0.05) is 29.2 Å². The molecule has 26 heavy (non-hydrogen) atoms. The Morgan fingerprint density at radius 2 is 2.00 bits per heavy atom. The molecule has 1 amide bonds. The van der Waals surface area contributed by atoms with Gasteiger partial charge in [0.15, 0.2) is 4.80 Å². The van der Waals surface area contributed by atoms with E-state index in [1.54, 1.807) is 25.3 Å². The standard InChI is InChI=1S/C19H25ClN2O3S/c1-12-16(19(2,3)4)26-18(22(12)9-10-24-5)21-17(23)14-11-13(20)7-8-15(14)25-6/h7-8,11H,9-10H2,1-6H3. The van der Waals surface area contributed by atoms with Gasteiger partial charge in [-0.15, -0.1) is 11.3 Å². The van der Waals surface area contributed by atoms with Gasteiger partial charge in [0.05, 0.1) is 19.3 Å². The van der Waals surface area contributed by atoms with Gasteiger partial charge >= 0.3 is 0 Å². The number of thiazole rings is 1. The van der Waals surface area contributed by atoms with Crippen molar-refractivity contribution in [2.45, 2.75) is 39.7 Å². The molecule has 0 N–H and O–H groups in total. The van der Waals surface area contributed by atoms with Crippen LogP contribution in [0.5, 0.6) is 5.75 Å². The average molecular weight is 397 g/mol. The predicted molar refractivity (Wildman–Crippen MR) is 106 cm³/mol. The predicted octanol–water partition coefficient (Wildman–Crippen LogP) is 4.21. The number of nitrogens with zero attached hydrogens (tertiary/aromatic N) is 2. The van der Waals surface area contributed by atoms with Crippen LogP contribution in [0, 0.1) is 6.92 Å². The van der Waals surface area contributed by atoms with Crippen LogP contribution in [0.25, 0.3) is 0 Å². The summed E-state index contributed by atoms with van der Waals surface area (Å²) in [4.78, 5) is 19.0. The molecule has 2 aromatic rings. The SMILES string of the molecule is COCCn1c(C)c(C(C)(C)C)sc1=NC(=O)c1cc(Cl)ccc1OC. The summed E-state index contributed by atoms with van der Waals surface area (Å²) >= 11 is 7.57. The molecule has 0 unspecified atom stereocenters. The maximum Gasteiger partial charge on any atom is 0.283 e. The Labute approximate surface area is 163 Å². The van der Waals surface area contributed by atoms with E-state index in [0.29, 0.717) is 34.3 Å². The van der Waals surface area contributed by atoms with Crippen LogP contribution in [0.1, 0.15) is 41.7 Å². The Kier molecular flexibility index (Phi) is 6.66. The lowest BCUT2D eigenvalue weighted by atomic mass is 9.93. The number of halogens is 1. The van der Waals surface area contributed by atoms with Gasteiger partial charge in [0.25, 0.3) is 5.91 Å².